The highest BCUT2D eigenvalue weighted by Crippen LogP contribution is 2.23. The Hall–Kier alpha value is -2.86. The Balaban J connectivity index is 1.74. The Labute approximate surface area is 171 Å². The van der Waals surface area contributed by atoms with Gasteiger partial charge in [-0.15, -0.1) is 0 Å². The number of hydrogen-bond acceptors (Lipinski definition) is 4. The molecule has 0 bridgehead atoms. The van der Waals surface area contributed by atoms with Gasteiger partial charge in [-0.3, -0.25) is 9.59 Å². The standard InChI is InChI=1S/C23H28N2O4/c1-2-3-8-15-29-21-12-7-5-10-19(21)22(26)24-20-11-6-4-9-18(20)23(27)25-13-16-28-17-14-25/h4-7,9-12H,2-3,8,13-17H2,1H3,(H,24,26). The predicted octanol–water partition coefficient (Wildman–Crippen LogP) is 3.98. The first-order valence-electron chi connectivity index (χ1n) is 10.2. The van der Waals surface area contributed by atoms with E-state index in [0.717, 1.165) is 19.3 Å². The third kappa shape index (κ3) is 5.57. The smallest absolute Gasteiger partial charge is 0.259 e. The largest absolute Gasteiger partial charge is 0.493 e. The average molecular weight is 396 g/mol. The second-order valence-corrected chi connectivity index (χ2v) is 6.96. The molecular weight excluding hydrogens is 368 g/mol. The van der Waals surface area contributed by atoms with E-state index >= 15 is 0 Å². The number of rotatable bonds is 8. The zero-order chi connectivity index (χ0) is 20.5. The molecule has 1 heterocycles. The zero-order valence-corrected chi connectivity index (χ0v) is 16.9. The minimum atomic E-state index is -0.293. The molecule has 6 heteroatoms. The van der Waals surface area contributed by atoms with Gasteiger partial charge < -0.3 is 19.7 Å². The Morgan fingerprint density at radius 1 is 1.00 bits per heavy atom. The van der Waals surface area contributed by atoms with E-state index in [2.05, 4.69) is 12.2 Å². The summed E-state index contributed by atoms with van der Waals surface area (Å²) in [6.07, 6.45) is 3.15. The van der Waals surface area contributed by atoms with Crippen molar-refractivity contribution in [3.63, 3.8) is 0 Å². The summed E-state index contributed by atoms with van der Waals surface area (Å²) in [5, 5.41) is 2.89. The van der Waals surface area contributed by atoms with Crippen LogP contribution in [0.4, 0.5) is 5.69 Å². The van der Waals surface area contributed by atoms with Gasteiger partial charge in [0.05, 0.1) is 36.6 Å². The number of amides is 2. The van der Waals surface area contributed by atoms with E-state index in [0.29, 0.717) is 55.5 Å². The maximum Gasteiger partial charge on any atom is 0.259 e. The molecule has 0 aromatic heterocycles. The summed E-state index contributed by atoms with van der Waals surface area (Å²) in [7, 11) is 0. The van der Waals surface area contributed by atoms with Crippen molar-refractivity contribution in [1.82, 2.24) is 4.90 Å². The molecule has 0 unspecified atom stereocenters. The van der Waals surface area contributed by atoms with Gasteiger partial charge in [-0.1, -0.05) is 44.0 Å². The van der Waals surface area contributed by atoms with E-state index < -0.39 is 0 Å². The average Bonchev–Trinajstić information content (AvgIpc) is 2.77. The lowest BCUT2D eigenvalue weighted by Crippen LogP contribution is -2.41. The molecule has 2 amide bonds. The van der Waals surface area contributed by atoms with E-state index in [4.69, 9.17) is 9.47 Å². The normalized spacial score (nSPS) is 13.8. The number of benzene rings is 2. The maximum atomic E-state index is 12.9. The number of carbonyl (C=O) groups excluding carboxylic acids is 2. The lowest BCUT2D eigenvalue weighted by molar-refractivity contribution is 0.0303. The number of unbranched alkanes of at least 4 members (excludes halogenated alkanes) is 2. The van der Waals surface area contributed by atoms with Gasteiger partial charge in [0.25, 0.3) is 11.8 Å². The minimum Gasteiger partial charge on any atom is -0.493 e. The number of nitrogens with zero attached hydrogens (tertiary/aromatic N) is 1. The molecule has 154 valence electrons. The molecule has 2 aromatic carbocycles. The number of carbonyl (C=O) groups is 2. The molecule has 1 N–H and O–H groups in total. The quantitative estimate of drug-likeness (QED) is 0.686. The molecule has 0 saturated carbocycles. The van der Waals surface area contributed by atoms with Crippen LogP contribution < -0.4 is 10.1 Å². The number of hydrogen-bond donors (Lipinski definition) is 1. The second-order valence-electron chi connectivity index (χ2n) is 6.96. The maximum absolute atomic E-state index is 12.9. The third-order valence-corrected chi connectivity index (χ3v) is 4.84. The fourth-order valence-electron chi connectivity index (χ4n) is 3.22. The molecule has 29 heavy (non-hydrogen) atoms. The van der Waals surface area contributed by atoms with E-state index in [-0.39, 0.29) is 11.8 Å². The third-order valence-electron chi connectivity index (χ3n) is 4.84. The number of para-hydroxylation sites is 2. The minimum absolute atomic E-state index is 0.103. The SMILES string of the molecule is CCCCCOc1ccccc1C(=O)Nc1ccccc1C(=O)N1CCOCC1. The number of nitrogens with one attached hydrogen (secondary N) is 1. The van der Waals surface area contributed by atoms with Crippen molar-refractivity contribution < 1.29 is 19.1 Å². The number of morpholine rings is 1. The van der Waals surface area contributed by atoms with Gasteiger partial charge in [0.2, 0.25) is 0 Å². The fraction of sp³-hybridized carbons (Fsp3) is 0.391. The van der Waals surface area contributed by atoms with E-state index in [1.165, 1.54) is 0 Å². The summed E-state index contributed by atoms with van der Waals surface area (Å²) in [4.78, 5) is 27.6. The van der Waals surface area contributed by atoms with Crippen molar-refractivity contribution in [2.24, 2.45) is 0 Å². The second kappa shape index (κ2) is 10.6. The molecule has 1 saturated heterocycles. The van der Waals surface area contributed by atoms with Gasteiger partial charge in [-0.05, 0) is 30.7 Å². The highest BCUT2D eigenvalue weighted by molar-refractivity contribution is 6.10. The van der Waals surface area contributed by atoms with Crippen molar-refractivity contribution in [2.45, 2.75) is 26.2 Å². The molecule has 6 nitrogen and oxygen atoms in total. The van der Waals surface area contributed by atoms with Crippen molar-refractivity contribution in [2.75, 3.05) is 38.2 Å². The lowest BCUT2D eigenvalue weighted by atomic mass is 10.1. The first-order valence-corrected chi connectivity index (χ1v) is 10.2. The Bertz CT molecular complexity index is 831. The van der Waals surface area contributed by atoms with Gasteiger partial charge in [-0.25, -0.2) is 0 Å². The highest BCUT2D eigenvalue weighted by atomic mass is 16.5. The van der Waals surface area contributed by atoms with Crippen LogP contribution >= 0.6 is 0 Å². The van der Waals surface area contributed by atoms with Crippen LogP contribution in [-0.4, -0.2) is 49.6 Å². The lowest BCUT2D eigenvalue weighted by Gasteiger charge is -2.27. The zero-order valence-electron chi connectivity index (χ0n) is 16.9. The fourth-order valence-corrected chi connectivity index (χ4v) is 3.22. The van der Waals surface area contributed by atoms with E-state index in [1.54, 1.807) is 47.4 Å². The molecule has 0 radical (unpaired) electrons. The molecule has 2 aromatic rings. The number of ether oxygens (including phenoxy) is 2. The van der Waals surface area contributed by atoms with Crippen LogP contribution in [-0.2, 0) is 4.74 Å². The van der Waals surface area contributed by atoms with Gasteiger partial charge in [-0.2, -0.15) is 0 Å². The van der Waals surface area contributed by atoms with Crippen LogP contribution in [0.15, 0.2) is 48.5 Å². The van der Waals surface area contributed by atoms with Gasteiger partial charge in [0.1, 0.15) is 5.75 Å². The van der Waals surface area contributed by atoms with Crippen LogP contribution in [0.3, 0.4) is 0 Å². The summed E-state index contributed by atoms with van der Waals surface area (Å²) >= 11 is 0. The molecule has 1 aliphatic rings. The predicted molar refractivity (Wildman–Crippen MR) is 113 cm³/mol. The summed E-state index contributed by atoms with van der Waals surface area (Å²) in [6.45, 7) is 4.87. The van der Waals surface area contributed by atoms with Crippen molar-refractivity contribution >= 4 is 17.5 Å². The van der Waals surface area contributed by atoms with Crippen LogP contribution in [0.5, 0.6) is 5.75 Å². The van der Waals surface area contributed by atoms with Crippen LogP contribution in [0.25, 0.3) is 0 Å². The Kier molecular flexibility index (Phi) is 7.64. The monoisotopic (exact) mass is 396 g/mol. The summed E-state index contributed by atoms with van der Waals surface area (Å²) in [5.41, 5.74) is 1.43. The topological polar surface area (TPSA) is 67.9 Å². The molecular formula is C23H28N2O4. The Morgan fingerprint density at radius 3 is 2.45 bits per heavy atom. The van der Waals surface area contributed by atoms with Crippen molar-refractivity contribution in [3.05, 3.63) is 59.7 Å². The number of anilines is 1. The molecule has 1 aliphatic heterocycles. The van der Waals surface area contributed by atoms with Gasteiger partial charge in [0, 0.05) is 13.1 Å². The van der Waals surface area contributed by atoms with Crippen LogP contribution in [0.2, 0.25) is 0 Å². The summed E-state index contributed by atoms with van der Waals surface area (Å²) in [6, 6.07) is 14.3. The molecule has 0 aliphatic carbocycles. The first kappa shape index (κ1) is 20.9. The summed E-state index contributed by atoms with van der Waals surface area (Å²) in [5.74, 6) is 0.157. The molecule has 0 atom stereocenters. The molecule has 0 spiro atoms. The first-order chi connectivity index (χ1) is 14.2. The van der Waals surface area contributed by atoms with Gasteiger partial charge >= 0.3 is 0 Å². The van der Waals surface area contributed by atoms with Crippen molar-refractivity contribution in [1.29, 1.82) is 0 Å². The summed E-state index contributed by atoms with van der Waals surface area (Å²) < 4.78 is 11.1. The highest BCUT2D eigenvalue weighted by Gasteiger charge is 2.22. The molecule has 1 fully saturated rings. The van der Waals surface area contributed by atoms with Crippen LogP contribution in [0, 0.1) is 0 Å². The van der Waals surface area contributed by atoms with E-state index in [1.807, 2.05) is 6.07 Å². The van der Waals surface area contributed by atoms with Crippen LogP contribution in [0.1, 0.15) is 46.9 Å². The molecule has 3 rings (SSSR count). The van der Waals surface area contributed by atoms with E-state index in [9.17, 15) is 9.59 Å². The van der Waals surface area contributed by atoms with Crippen molar-refractivity contribution in [3.8, 4) is 5.75 Å². The Morgan fingerprint density at radius 2 is 1.69 bits per heavy atom. The van der Waals surface area contributed by atoms with Gasteiger partial charge in [0.15, 0.2) is 0 Å².